The first-order chi connectivity index (χ1) is 13.6. The van der Waals surface area contributed by atoms with E-state index in [0.29, 0.717) is 11.6 Å². The minimum Gasteiger partial charge on any atom is -0.355 e. The highest BCUT2D eigenvalue weighted by atomic mass is 127. The topological polar surface area (TPSA) is 46.1 Å². The number of nitrogens with one attached hydrogen (secondary N) is 2. The van der Waals surface area contributed by atoms with Crippen LogP contribution in [0.15, 0.2) is 4.99 Å². The fourth-order valence-electron chi connectivity index (χ4n) is 5.26. The number of piperidine rings is 3. The molecule has 3 aliphatic heterocycles. The maximum atomic E-state index is 4.56. The van der Waals surface area contributed by atoms with Gasteiger partial charge in [0.2, 0.25) is 0 Å². The molecule has 6 nitrogen and oxygen atoms in total. The van der Waals surface area contributed by atoms with Gasteiger partial charge in [0.15, 0.2) is 5.96 Å². The predicted octanol–water partition coefficient (Wildman–Crippen LogP) is 2.59. The molecule has 2 N–H and O–H groups in total. The Morgan fingerprint density at radius 2 is 1.66 bits per heavy atom. The summed E-state index contributed by atoms with van der Waals surface area (Å²) in [5.74, 6) is 1.00. The van der Waals surface area contributed by atoms with Crippen molar-refractivity contribution in [2.75, 3.05) is 66.5 Å². The molecule has 3 saturated heterocycles. The Balaban J connectivity index is 0.00000300. The molecule has 0 unspecified atom stereocenters. The van der Waals surface area contributed by atoms with Gasteiger partial charge < -0.3 is 20.4 Å². The Morgan fingerprint density at radius 3 is 2.24 bits per heavy atom. The van der Waals surface area contributed by atoms with Gasteiger partial charge in [-0.15, -0.1) is 24.0 Å². The van der Waals surface area contributed by atoms with Gasteiger partial charge in [-0.1, -0.05) is 13.3 Å². The highest BCUT2D eigenvalue weighted by Gasteiger charge is 2.39. The summed E-state index contributed by atoms with van der Waals surface area (Å²) in [6, 6.07) is 0.558. The summed E-state index contributed by atoms with van der Waals surface area (Å²) in [6.45, 7) is 11.9. The van der Waals surface area contributed by atoms with Gasteiger partial charge in [0.25, 0.3) is 0 Å². The third kappa shape index (κ3) is 7.21. The Labute approximate surface area is 196 Å². The molecule has 0 amide bonds. The molecule has 3 rings (SSSR count). The van der Waals surface area contributed by atoms with E-state index in [1.54, 1.807) is 0 Å². The second-order valence-corrected chi connectivity index (χ2v) is 9.26. The molecule has 0 aromatic rings. The largest absolute Gasteiger partial charge is 0.355 e. The van der Waals surface area contributed by atoms with Crippen molar-refractivity contribution in [3.63, 3.8) is 0 Å². The molecule has 0 saturated carbocycles. The number of halogens is 1. The van der Waals surface area contributed by atoms with Crippen molar-refractivity contribution in [3.8, 4) is 0 Å². The van der Waals surface area contributed by atoms with Crippen LogP contribution in [-0.2, 0) is 0 Å². The van der Waals surface area contributed by atoms with Gasteiger partial charge in [-0.05, 0) is 84.7 Å². The minimum absolute atomic E-state index is 0. The van der Waals surface area contributed by atoms with Crippen molar-refractivity contribution < 1.29 is 0 Å². The first-order valence-corrected chi connectivity index (χ1v) is 11.8. The number of rotatable bonds is 6. The lowest BCUT2D eigenvalue weighted by Crippen LogP contribution is -2.62. The highest BCUT2D eigenvalue weighted by Crippen LogP contribution is 2.30. The summed E-state index contributed by atoms with van der Waals surface area (Å²) < 4.78 is 0. The second-order valence-electron chi connectivity index (χ2n) is 9.26. The first-order valence-electron chi connectivity index (χ1n) is 11.8. The number of aliphatic imine (C=N–C) groups is 1. The third-order valence-corrected chi connectivity index (χ3v) is 7.22. The fourth-order valence-corrected chi connectivity index (χ4v) is 5.26. The Kier molecular flexibility index (Phi) is 11.0. The minimum atomic E-state index is 0. The maximum absolute atomic E-state index is 4.56. The molecule has 3 heterocycles. The molecule has 0 radical (unpaired) electrons. The van der Waals surface area contributed by atoms with Crippen LogP contribution >= 0.6 is 24.0 Å². The summed E-state index contributed by atoms with van der Waals surface area (Å²) in [4.78, 5) is 12.4. The van der Waals surface area contributed by atoms with Gasteiger partial charge in [-0.3, -0.25) is 9.89 Å². The van der Waals surface area contributed by atoms with Crippen molar-refractivity contribution >= 4 is 29.9 Å². The van der Waals surface area contributed by atoms with Crippen molar-refractivity contribution in [2.45, 2.75) is 69.9 Å². The summed E-state index contributed by atoms with van der Waals surface area (Å²) in [7, 11) is 4.18. The Morgan fingerprint density at radius 1 is 1.00 bits per heavy atom. The van der Waals surface area contributed by atoms with Gasteiger partial charge in [0, 0.05) is 38.3 Å². The van der Waals surface area contributed by atoms with Crippen LogP contribution in [0, 0.1) is 0 Å². The quantitative estimate of drug-likeness (QED) is 0.321. The van der Waals surface area contributed by atoms with E-state index in [1.807, 2.05) is 7.05 Å². The standard InChI is InChI=1S/C22H44N6.HI/c1-4-12-27-15-8-20(9-16-27)25-21(23-2)24-19-22(10-17-26(3)18-11-22)28-13-6-5-7-14-28;/h20H,4-19H2,1-3H3,(H2,23,24,25);1H. The normalized spacial score (nSPS) is 25.4. The van der Waals surface area contributed by atoms with E-state index in [0.717, 1.165) is 12.5 Å². The van der Waals surface area contributed by atoms with Crippen molar-refractivity contribution in [1.29, 1.82) is 0 Å². The lowest BCUT2D eigenvalue weighted by Gasteiger charge is -2.50. The molecule has 0 aromatic carbocycles. The predicted molar refractivity (Wildman–Crippen MR) is 135 cm³/mol. The van der Waals surface area contributed by atoms with Crippen LogP contribution in [0.1, 0.15) is 58.3 Å². The zero-order valence-electron chi connectivity index (χ0n) is 19.1. The molecular formula is C22H45IN6. The number of hydrogen-bond acceptors (Lipinski definition) is 4. The van der Waals surface area contributed by atoms with Gasteiger partial charge in [0.1, 0.15) is 0 Å². The van der Waals surface area contributed by atoms with Gasteiger partial charge in [-0.2, -0.15) is 0 Å². The van der Waals surface area contributed by atoms with Crippen LogP contribution in [0.5, 0.6) is 0 Å². The van der Waals surface area contributed by atoms with Crippen LogP contribution in [0.4, 0.5) is 0 Å². The van der Waals surface area contributed by atoms with E-state index >= 15 is 0 Å². The average Bonchev–Trinajstić information content (AvgIpc) is 2.74. The van der Waals surface area contributed by atoms with Crippen LogP contribution < -0.4 is 10.6 Å². The zero-order chi connectivity index (χ0) is 19.8. The molecule has 3 fully saturated rings. The number of likely N-dealkylation sites (tertiary alicyclic amines) is 3. The van der Waals surface area contributed by atoms with Gasteiger partial charge in [-0.25, -0.2) is 0 Å². The molecule has 0 aromatic heterocycles. The fraction of sp³-hybridized carbons (Fsp3) is 0.955. The lowest BCUT2D eigenvalue weighted by atomic mass is 9.84. The van der Waals surface area contributed by atoms with E-state index in [4.69, 9.17) is 0 Å². The molecule has 0 spiro atoms. The lowest BCUT2D eigenvalue weighted by molar-refractivity contribution is 0.0172. The Bertz CT molecular complexity index is 478. The number of nitrogens with zero attached hydrogens (tertiary/aromatic N) is 4. The van der Waals surface area contributed by atoms with E-state index < -0.39 is 0 Å². The second kappa shape index (κ2) is 12.7. The van der Waals surface area contributed by atoms with E-state index in [1.165, 1.54) is 97.2 Å². The smallest absolute Gasteiger partial charge is 0.191 e. The van der Waals surface area contributed by atoms with E-state index in [9.17, 15) is 0 Å². The zero-order valence-corrected chi connectivity index (χ0v) is 21.4. The number of hydrogen-bond donors (Lipinski definition) is 2. The van der Waals surface area contributed by atoms with Crippen LogP contribution in [0.25, 0.3) is 0 Å². The average molecular weight is 521 g/mol. The first kappa shape index (κ1) is 25.1. The molecule has 0 bridgehead atoms. The summed E-state index contributed by atoms with van der Waals surface area (Å²) in [6.07, 6.45) is 10.4. The van der Waals surface area contributed by atoms with Gasteiger partial charge >= 0.3 is 0 Å². The third-order valence-electron chi connectivity index (χ3n) is 7.22. The van der Waals surface area contributed by atoms with Crippen molar-refractivity contribution in [3.05, 3.63) is 0 Å². The van der Waals surface area contributed by atoms with Crippen LogP contribution in [0.3, 0.4) is 0 Å². The van der Waals surface area contributed by atoms with Crippen molar-refractivity contribution in [2.24, 2.45) is 4.99 Å². The summed E-state index contributed by atoms with van der Waals surface area (Å²) >= 11 is 0. The molecule has 7 heteroatoms. The monoisotopic (exact) mass is 520 g/mol. The SMILES string of the molecule is CCCN1CCC(NC(=NC)NCC2(N3CCCCC3)CCN(C)CC2)CC1.I. The summed E-state index contributed by atoms with van der Waals surface area (Å²) in [5, 5.41) is 7.46. The Hall–Kier alpha value is -0.120. The molecule has 170 valence electrons. The van der Waals surface area contributed by atoms with E-state index in [2.05, 4.69) is 44.3 Å². The van der Waals surface area contributed by atoms with E-state index in [-0.39, 0.29) is 24.0 Å². The molecule has 29 heavy (non-hydrogen) atoms. The summed E-state index contributed by atoms with van der Waals surface area (Å²) in [5.41, 5.74) is 0.301. The highest BCUT2D eigenvalue weighted by molar-refractivity contribution is 14.0. The van der Waals surface area contributed by atoms with Gasteiger partial charge in [0.05, 0.1) is 0 Å². The van der Waals surface area contributed by atoms with Crippen LogP contribution in [-0.4, -0.2) is 98.7 Å². The van der Waals surface area contributed by atoms with Crippen molar-refractivity contribution in [1.82, 2.24) is 25.3 Å². The maximum Gasteiger partial charge on any atom is 0.191 e. The molecule has 3 aliphatic rings. The molecule has 0 atom stereocenters. The molecular weight excluding hydrogens is 475 g/mol. The van der Waals surface area contributed by atoms with Crippen LogP contribution in [0.2, 0.25) is 0 Å². The number of guanidine groups is 1. The molecule has 0 aliphatic carbocycles.